The van der Waals surface area contributed by atoms with E-state index in [9.17, 15) is 0 Å². The van der Waals surface area contributed by atoms with Gasteiger partial charge >= 0.3 is 0 Å². The Morgan fingerprint density at radius 3 is 2.88 bits per heavy atom. The molecule has 3 rings (SSSR count). The Balaban J connectivity index is 1.66. The Morgan fingerprint density at radius 1 is 1.31 bits per heavy atom. The lowest BCUT2D eigenvalue weighted by atomic mass is 9.96. The Hall–Kier alpha value is -0.670. The first-order chi connectivity index (χ1) is 7.75. The van der Waals surface area contributed by atoms with Crippen LogP contribution in [0.1, 0.15) is 18.1 Å². The quantitative estimate of drug-likeness (QED) is 0.869. The number of fused-ring (bicyclic) bond motifs is 1. The molecule has 2 aliphatic heterocycles. The highest BCUT2D eigenvalue weighted by molar-refractivity contribution is 8.00. The van der Waals surface area contributed by atoms with Gasteiger partial charge in [0.05, 0.1) is 6.61 Å². The maximum Gasteiger partial charge on any atom is 0.119 e. The van der Waals surface area contributed by atoms with E-state index in [4.69, 9.17) is 4.74 Å². The van der Waals surface area contributed by atoms with E-state index in [1.54, 1.807) is 0 Å². The normalized spacial score (nSPS) is 21.3. The summed E-state index contributed by atoms with van der Waals surface area (Å²) in [6.45, 7) is 5.15. The standard InChI is InChI=1S/C13H17NOS/c1-13(8-16-9-13)7-15-12-3-2-10-5-14-6-11(10)4-12/h2-4,14H,5-9H2,1H3. The summed E-state index contributed by atoms with van der Waals surface area (Å²) in [5.74, 6) is 3.50. The SMILES string of the molecule is CC1(COc2ccc3c(c2)CNC3)CSC1. The number of ether oxygens (including phenoxy) is 1. The Labute approximate surface area is 101 Å². The van der Waals surface area contributed by atoms with Crippen LogP contribution < -0.4 is 10.1 Å². The van der Waals surface area contributed by atoms with Crippen molar-refractivity contribution in [2.24, 2.45) is 5.41 Å². The highest BCUT2D eigenvalue weighted by Gasteiger charge is 2.33. The molecule has 3 heteroatoms. The van der Waals surface area contributed by atoms with Crippen LogP contribution >= 0.6 is 11.8 Å². The van der Waals surface area contributed by atoms with Crippen molar-refractivity contribution in [1.82, 2.24) is 5.32 Å². The second-order valence-electron chi connectivity index (χ2n) is 5.13. The molecular formula is C13H17NOS. The van der Waals surface area contributed by atoms with E-state index in [1.165, 1.54) is 22.6 Å². The molecular weight excluding hydrogens is 218 g/mol. The number of hydrogen-bond donors (Lipinski definition) is 1. The van der Waals surface area contributed by atoms with E-state index in [0.717, 1.165) is 25.4 Å². The molecule has 1 fully saturated rings. The predicted octanol–water partition coefficient (Wildman–Crippen LogP) is 2.42. The van der Waals surface area contributed by atoms with Gasteiger partial charge in [-0.05, 0) is 23.3 Å². The first-order valence-corrected chi connectivity index (χ1v) is 6.94. The predicted molar refractivity (Wildman–Crippen MR) is 67.9 cm³/mol. The molecule has 0 aliphatic carbocycles. The van der Waals surface area contributed by atoms with Gasteiger partial charge in [-0.2, -0.15) is 11.8 Å². The fourth-order valence-electron chi connectivity index (χ4n) is 2.15. The topological polar surface area (TPSA) is 21.3 Å². The number of rotatable bonds is 3. The van der Waals surface area contributed by atoms with Crippen molar-refractivity contribution in [1.29, 1.82) is 0 Å². The summed E-state index contributed by atoms with van der Waals surface area (Å²) in [7, 11) is 0. The number of thioether (sulfide) groups is 1. The van der Waals surface area contributed by atoms with Crippen LogP contribution in [0, 0.1) is 5.41 Å². The molecule has 1 aromatic carbocycles. The van der Waals surface area contributed by atoms with Crippen LogP contribution in [0.3, 0.4) is 0 Å². The van der Waals surface area contributed by atoms with Gasteiger partial charge in [-0.25, -0.2) is 0 Å². The monoisotopic (exact) mass is 235 g/mol. The van der Waals surface area contributed by atoms with Gasteiger partial charge in [-0.3, -0.25) is 0 Å². The van der Waals surface area contributed by atoms with Crippen LogP contribution in [0.2, 0.25) is 0 Å². The van der Waals surface area contributed by atoms with Crippen molar-refractivity contribution >= 4 is 11.8 Å². The number of benzene rings is 1. The molecule has 1 N–H and O–H groups in total. The summed E-state index contributed by atoms with van der Waals surface area (Å²) in [6, 6.07) is 6.47. The van der Waals surface area contributed by atoms with Crippen LogP contribution in [0.4, 0.5) is 0 Å². The second kappa shape index (κ2) is 3.97. The van der Waals surface area contributed by atoms with Crippen molar-refractivity contribution in [2.75, 3.05) is 18.1 Å². The zero-order valence-electron chi connectivity index (χ0n) is 9.58. The van der Waals surface area contributed by atoms with E-state index in [2.05, 4.69) is 30.4 Å². The Bertz CT molecular complexity index is 401. The van der Waals surface area contributed by atoms with Crippen molar-refractivity contribution < 1.29 is 4.74 Å². The molecule has 0 unspecified atom stereocenters. The summed E-state index contributed by atoms with van der Waals surface area (Å²) in [4.78, 5) is 0. The van der Waals surface area contributed by atoms with E-state index < -0.39 is 0 Å². The fourth-order valence-corrected chi connectivity index (χ4v) is 3.22. The summed E-state index contributed by atoms with van der Waals surface area (Å²) >= 11 is 2.01. The molecule has 0 atom stereocenters. The fraction of sp³-hybridized carbons (Fsp3) is 0.538. The zero-order chi connectivity index (χ0) is 11.0. The highest BCUT2D eigenvalue weighted by Crippen LogP contribution is 2.37. The van der Waals surface area contributed by atoms with Crippen LogP contribution in [0.15, 0.2) is 18.2 Å². The van der Waals surface area contributed by atoms with Gasteiger partial charge in [0.25, 0.3) is 0 Å². The summed E-state index contributed by atoms with van der Waals surface area (Å²) < 4.78 is 5.90. The van der Waals surface area contributed by atoms with Gasteiger partial charge in [0.1, 0.15) is 5.75 Å². The Kier molecular flexibility index (Phi) is 2.60. The molecule has 0 aromatic heterocycles. The maximum absolute atomic E-state index is 5.90. The minimum Gasteiger partial charge on any atom is -0.493 e. The molecule has 2 heterocycles. The van der Waals surface area contributed by atoms with E-state index in [0.29, 0.717) is 5.41 Å². The van der Waals surface area contributed by atoms with Crippen LogP contribution in [-0.4, -0.2) is 18.1 Å². The van der Waals surface area contributed by atoms with Crippen LogP contribution in [0.5, 0.6) is 5.75 Å². The van der Waals surface area contributed by atoms with E-state index in [1.807, 2.05) is 11.8 Å². The molecule has 16 heavy (non-hydrogen) atoms. The molecule has 0 radical (unpaired) electrons. The average Bonchev–Trinajstić information content (AvgIpc) is 2.70. The Morgan fingerprint density at radius 2 is 2.12 bits per heavy atom. The third kappa shape index (κ3) is 1.94. The molecule has 1 aromatic rings. The minimum absolute atomic E-state index is 0.405. The van der Waals surface area contributed by atoms with Crippen molar-refractivity contribution in [3.05, 3.63) is 29.3 Å². The van der Waals surface area contributed by atoms with Crippen molar-refractivity contribution in [3.8, 4) is 5.75 Å². The summed E-state index contributed by atoms with van der Waals surface area (Å²) in [5.41, 5.74) is 3.21. The average molecular weight is 235 g/mol. The van der Waals surface area contributed by atoms with Gasteiger partial charge in [0.2, 0.25) is 0 Å². The zero-order valence-corrected chi connectivity index (χ0v) is 10.4. The molecule has 0 bridgehead atoms. The van der Waals surface area contributed by atoms with Gasteiger partial charge in [-0.1, -0.05) is 13.0 Å². The first-order valence-electron chi connectivity index (χ1n) is 5.78. The lowest BCUT2D eigenvalue weighted by Gasteiger charge is -2.37. The number of hydrogen-bond acceptors (Lipinski definition) is 3. The smallest absolute Gasteiger partial charge is 0.119 e. The lowest BCUT2D eigenvalue weighted by Crippen LogP contribution is -2.38. The molecule has 2 nitrogen and oxygen atoms in total. The van der Waals surface area contributed by atoms with Crippen LogP contribution in [0.25, 0.3) is 0 Å². The van der Waals surface area contributed by atoms with E-state index in [-0.39, 0.29) is 0 Å². The third-order valence-electron chi connectivity index (χ3n) is 3.30. The molecule has 0 amide bonds. The van der Waals surface area contributed by atoms with Gasteiger partial charge in [0.15, 0.2) is 0 Å². The molecule has 0 spiro atoms. The molecule has 0 saturated carbocycles. The van der Waals surface area contributed by atoms with Crippen molar-refractivity contribution in [2.45, 2.75) is 20.0 Å². The maximum atomic E-state index is 5.90. The van der Waals surface area contributed by atoms with Crippen molar-refractivity contribution in [3.63, 3.8) is 0 Å². The highest BCUT2D eigenvalue weighted by atomic mass is 32.2. The third-order valence-corrected chi connectivity index (χ3v) is 5.10. The number of nitrogens with one attached hydrogen (secondary N) is 1. The molecule has 86 valence electrons. The second-order valence-corrected chi connectivity index (χ2v) is 6.11. The first kappa shape index (κ1) is 10.5. The van der Waals surface area contributed by atoms with Gasteiger partial charge < -0.3 is 10.1 Å². The summed E-state index contributed by atoms with van der Waals surface area (Å²) in [5, 5.41) is 3.35. The van der Waals surface area contributed by atoms with Gasteiger partial charge in [0, 0.05) is 30.0 Å². The molecule has 1 saturated heterocycles. The van der Waals surface area contributed by atoms with Crippen LogP contribution in [-0.2, 0) is 13.1 Å². The minimum atomic E-state index is 0.405. The molecule has 2 aliphatic rings. The lowest BCUT2D eigenvalue weighted by molar-refractivity contribution is 0.196. The largest absolute Gasteiger partial charge is 0.493 e. The summed E-state index contributed by atoms with van der Waals surface area (Å²) in [6.07, 6.45) is 0. The van der Waals surface area contributed by atoms with Gasteiger partial charge in [-0.15, -0.1) is 0 Å². The van der Waals surface area contributed by atoms with E-state index >= 15 is 0 Å².